The first-order valence-electron chi connectivity index (χ1n) is 7.54. The van der Waals surface area contributed by atoms with E-state index in [-0.39, 0.29) is 18.2 Å². The highest BCUT2D eigenvalue weighted by Gasteiger charge is 2.13. The minimum atomic E-state index is -0.273. The van der Waals surface area contributed by atoms with E-state index in [0.29, 0.717) is 17.1 Å². The summed E-state index contributed by atoms with van der Waals surface area (Å²) >= 11 is 0. The van der Waals surface area contributed by atoms with Gasteiger partial charge in [0.05, 0.1) is 6.54 Å². The monoisotopic (exact) mass is 321 g/mol. The zero-order valence-corrected chi connectivity index (χ0v) is 13.0. The number of benzene rings is 1. The molecule has 0 saturated carbocycles. The number of aromatic nitrogens is 2. The highest BCUT2D eigenvalue weighted by atomic mass is 16.4. The number of fused-ring (bicyclic) bond motifs is 1. The molecule has 1 N–H and O–H groups in total. The van der Waals surface area contributed by atoms with Crippen molar-refractivity contribution in [3.63, 3.8) is 0 Å². The van der Waals surface area contributed by atoms with Gasteiger partial charge in [0.2, 0.25) is 0 Å². The molecule has 24 heavy (non-hydrogen) atoms. The Morgan fingerprint density at radius 1 is 1.17 bits per heavy atom. The van der Waals surface area contributed by atoms with Crippen molar-refractivity contribution in [1.29, 1.82) is 0 Å². The van der Waals surface area contributed by atoms with Crippen LogP contribution >= 0.6 is 0 Å². The van der Waals surface area contributed by atoms with Gasteiger partial charge in [0.15, 0.2) is 11.5 Å². The number of rotatable bonds is 4. The van der Waals surface area contributed by atoms with Crippen LogP contribution in [-0.4, -0.2) is 15.7 Å². The number of para-hydroxylation sites is 1. The SMILES string of the molecule is Cn1nccc1-c1ccc(CNC(=O)c2cc3ccccc3o2)o1. The number of nitrogens with one attached hydrogen (secondary N) is 1. The lowest BCUT2D eigenvalue weighted by Gasteiger charge is -2.01. The van der Waals surface area contributed by atoms with Crippen LogP contribution in [-0.2, 0) is 13.6 Å². The van der Waals surface area contributed by atoms with E-state index in [1.54, 1.807) is 16.9 Å². The van der Waals surface area contributed by atoms with E-state index in [4.69, 9.17) is 8.83 Å². The highest BCUT2D eigenvalue weighted by molar-refractivity contribution is 5.95. The van der Waals surface area contributed by atoms with Crippen molar-refractivity contribution in [2.45, 2.75) is 6.54 Å². The summed E-state index contributed by atoms with van der Waals surface area (Å²) in [6.45, 7) is 0.285. The summed E-state index contributed by atoms with van der Waals surface area (Å²) in [6.07, 6.45) is 1.71. The van der Waals surface area contributed by atoms with E-state index in [0.717, 1.165) is 11.1 Å². The summed E-state index contributed by atoms with van der Waals surface area (Å²) < 4.78 is 13.0. The van der Waals surface area contributed by atoms with Crippen molar-refractivity contribution in [2.24, 2.45) is 7.05 Å². The number of amides is 1. The van der Waals surface area contributed by atoms with Crippen molar-refractivity contribution < 1.29 is 13.6 Å². The summed E-state index contributed by atoms with van der Waals surface area (Å²) in [5.41, 5.74) is 1.57. The molecule has 4 rings (SSSR count). The Morgan fingerprint density at radius 2 is 2.04 bits per heavy atom. The average molecular weight is 321 g/mol. The van der Waals surface area contributed by atoms with E-state index < -0.39 is 0 Å². The molecule has 0 aliphatic rings. The third kappa shape index (κ3) is 2.58. The highest BCUT2D eigenvalue weighted by Crippen LogP contribution is 2.22. The molecule has 0 spiro atoms. The summed E-state index contributed by atoms with van der Waals surface area (Å²) in [5, 5.41) is 7.81. The Balaban J connectivity index is 1.46. The summed E-state index contributed by atoms with van der Waals surface area (Å²) in [6, 6.07) is 14.8. The molecule has 0 saturated heterocycles. The number of nitrogens with zero attached hydrogens (tertiary/aromatic N) is 2. The van der Waals surface area contributed by atoms with Crippen LogP contribution in [0.2, 0.25) is 0 Å². The van der Waals surface area contributed by atoms with Crippen molar-refractivity contribution in [3.8, 4) is 11.5 Å². The molecular weight excluding hydrogens is 306 g/mol. The van der Waals surface area contributed by atoms with Crippen LogP contribution in [0.1, 0.15) is 16.3 Å². The van der Waals surface area contributed by atoms with E-state index >= 15 is 0 Å². The molecule has 0 bridgehead atoms. The van der Waals surface area contributed by atoms with Gasteiger partial charge in [-0.25, -0.2) is 0 Å². The van der Waals surface area contributed by atoms with E-state index in [9.17, 15) is 4.79 Å². The number of carbonyl (C=O) groups excluding carboxylic acids is 1. The largest absolute Gasteiger partial charge is 0.458 e. The van der Waals surface area contributed by atoms with Gasteiger partial charge in [-0.3, -0.25) is 9.48 Å². The first-order valence-corrected chi connectivity index (χ1v) is 7.54. The fraction of sp³-hybridized carbons (Fsp3) is 0.111. The molecule has 3 aromatic heterocycles. The van der Waals surface area contributed by atoms with Crippen LogP contribution in [0.3, 0.4) is 0 Å². The Morgan fingerprint density at radius 3 is 2.83 bits per heavy atom. The lowest BCUT2D eigenvalue weighted by Crippen LogP contribution is -2.21. The summed E-state index contributed by atoms with van der Waals surface area (Å²) in [5.74, 6) is 1.39. The van der Waals surface area contributed by atoms with Crippen molar-refractivity contribution >= 4 is 16.9 Å². The smallest absolute Gasteiger partial charge is 0.287 e. The quantitative estimate of drug-likeness (QED) is 0.625. The molecule has 6 heteroatoms. The van der Waals surface area contributed by atoms with Crippen LogP contribution in [0.4, 0.5) is 0 Å². The third-order valence-corrected chi connectivity index (χ3v) is 3.81. The van der Waals surface area contributed by atoms with Crippen LogP contribution in [0.25, 0.3) is 22.4 Å². The molecule has 1 amide bonds. The summed E-state index contributed by atoms with van der Waals surface area (Å²) in [4.78, 5) is 12.2. The van der Waals surface area contributed by atoms with Gasteiger partial charge in [0, 0.05) is 18.6 Å². The van der Waals surface area contributed by atoms with Gasteiger partial charge < -0.3 is 14.2 Å². The van der Waals surface area contributed by atoms with Crippen molar-refractivity contribution in [3.05, 3.63) is 66.2 Å². The zero-order chi connectivity index (χ0) is 16.5. The number of carbonyl (C=O) groups is 1. The molecule has 3 heterocycles. The van der Waals surface area contributed by atoms with Gasteiger partial charge in [0.1, 0.15) is 17.0 Å². The normalized spacial score (nSPS) is 11.0. The molecule has 0 unspecified atom stereocenters. The minimum Gasteiger partial charge on any atom is -0.458 e. The topological polar surface area (TPSA) is 73.2 Å². The second-order valence-corrected chi connectivity index (χ2v) is 5.44. The average Bonchev–Trinajstić information content (AvgIpc) is 3.31. The Bertz CT molecular complexity index is 976. The molecule has 0 aliphatic heterocycles. The molecule has 0 atom stereocenters. The van der Waals surface area contributed by atoms with E-state index in [1.807, 2.05) is 49.5 Å². The molecule has 6 nitrogen and oxygen atoms in total. The number of aryl methyl sites for hydroxylation is 1. The van der Waals surface area contributed by atoms with Crippen LogP contribution in [0, 0.1) is 0 Å². The van der Waals surface area contributed by atoms with Crippen molar-refractivity contribution in [1.82, 2.24) is 15.1 Å². The molecule has 4 aromatic rings. The van der Waals surface area contributed by atoms with Crippen LogP contribution < -0.4 is 5.32 Å². The Labute approximate surface area is 137 Å². The Hall–Kier alpha value is -3.28. The number of hydrogen-bond acceptors (Lipinski definition) is 4. The first kappa shape index (κ1) is 14.3. The van der Waals surface area contributed by atoms with E-state index in [2.05, 4.69) is 10.4 Å². The fourth-order valence-electron chi connectivity index (χ4n) is 2.57. The van der Waals surface area contributed by atoms with Gasteiger partial charge in [-0.05, 0) is 30.3 Å². The second kappa shape index (κ2) is 5.73. The maximum atomic E-state index is 12.2. The fourth-order valence-corrected chi connectivity index (χ4v) is 2.57. The van der Waals surface area contributed by atoms with Gasteiger partial charge in [-0.15, -0.1) is 0 Å². The lowest BCUT2D eigenvalue weighted by molar-refractivity contribution is 0.0922. The molecule has 120 valence electrons. The standard InChI is InChI=1S/C18H15N3O3/c1-21-14(8-9-20-21)16-7-6-13(23-16)11-19-18(22)17-10-12-4-2-3-5-15(12)24-17/h2-10H,11H2,1H3,(H,19,22). The minimum absolute atomic E-state index is 0.273. The maximum Gasteiger partial charge on any atom is 0.287 e. The van der Waals surface area contributed by atoms with Crippen LogP contribution in [0.15, 0.2) is 63.6 Å². The summed E-state index contributed by atoms with van der Waals surface area (Å²) in [7, 11) is 1.85. The predicted molar refractivity (Wildman–Crippen MR) is 88.3 cm³/mol. The van der Waals surface area contributed by atoms with Gasteiger partial charge >= 0.3 is 0 Å². The maximum absolute atomic E-state index is 12.2. The van der Waals surface area contributed by atoms with Crippen LogP contribution in [0.5, 0.6) is 0 Å². The van der Waals surface area contributed by atoms with E-state index in [1.165, 1.54) is 0 Å². The van der Waals surface area contributed by atoms with Crippen molar-refractivity contribution in [2.75, 3.05) is 0 Å². The van der Waals surface area contributed by atoms with Gasteiger partial charge in [-0.1, -0.05) is 18.2 Å². The van der Waals surface area contributed by atoms with Gasteiger partial charge in [0.25, 0.3) is 5.91 Å². The first-order chi connectivity index (χ1) is 11.7. The Kier molecular flexibility index (Phi) is 3.42. The zero-order valence-electron chi connectivity index (χ0n) is 13.0. The number of furan rings is 2. The predicted octanol–water partition coefficient (Wildman–Crippen LogP) is 3.36. The van der Waals surface area contributed by atoms with Gasteiger partial charge in [-0.2, -0.15) is 5.10 Å². The second-order valence-electron chi connectivity index (χ2n) is 5.44. The number of hydrogen-bond donors (Lipinski definition) is 1. The molecule has 1 aromatic carbocycles. The molecule has 0 fully saturated rings. The lowest BCUT2D eigenvalue weighted by atomic mass is 10.2. The molecule has 0 radical (unpaired) electrons. The molecule has 0 aliphatic carbocycles. The third-order valence-electron chi connectivity index (χ3n) is 3.81. The molecular formula is C18H15N3O3.